The van der Waals surface area contributed by atoms with Gasteiger partial charge in [0.05, 0.1) is 12.1 Å². The number of rotatable bonds is 3. The van der Waals surface area contributed by atoms with Crippen molar-refractivity contribution in [2.24, 2.45) is 0 Å². The summed E-state index contributed by atoms with van der Waals surface area (Å²) in [4.78, 5) is 23.7. The third-order valence-corrected chi connectivity index (χ3v) is 3.97. The van der Waals surface area contributed by atoms with Gasteiger partial charge in [-0.25, -0.2) is 0 Å². The van der Waals surface area contributed by atoms with E-state index in [4.69, 9.17) is 16.3 Å². The zero-order valence-electron chi connectivity index (χ0n) is 12.5. The van der Waals surface area contributed by atoms with Gasteiger partial charge in [-0.2, -0.15) is 0 Å². The maximum absolute atomic E-state index is 12.4. The van der Waals surface area contributed by atoms with Crippen molar-refractivity contribution in [1.82, 2.24) is 0 Å². The quantitative estimate of drug-likeness (QED) is 0.905. The number of hydrogen-bond donors (Lipinski definition) is 2. The van der Waals surface area contributed by atoms with Crippen LogP contribution in [-0.2, 0) is 11.2 Å². The molecule has 6 heteroatoms. The SMILES string of the molecule is COc1ccc(NC(=O)c2ccc3c(c2)CCC(=O)N3)cc1Cl. The van der Waals surface area contributed by atoms with Crippen molar-refractivity contribution >= 4 is 34.8 Å². The lowest BCUT2D eigenvalue weighted by molar-refractivity contribution is -0.116. The van der Waals surface area contributed by atoms with Crippen molar-refractivity contribution < 1.29 is 14.3 Å². The Bertz CT molecular complexity index is 789. The van der Waals surface area contributed by atoms with Gasteiger partial charge in [0.15, 0.2) is 0 Å². The van der Waals surface area contributed by atoms with Crippen LogP contribution in [0.15, 0.2) is 36.4 Å². The third kappa shape index (κ3) is 3.29. The smallest absolute Gasteiger partial charge is 0.255 e. The number of amides is 2. The summed E-state index contributed by atoms with van der Waals surface area (Å²) in [7, 11) is 1.53. The van der Waals surface area contributed by atoms with Crippen LogP contribution in [0.1, 0.15) is 22.3 Å². The van der Waals surface area contributed by atoms with E-state index in [1.807, 2.05) is 0 Å². The van der Waals surface area contributed by atoms with E-state index in [1.165, 1.54) is 7.11 Å². The summed E-state index contributed by atoms with van der Waals surface area (Å²) in [6.45, 7) is 0. The molecule has 1 heterocycles. The molecule has 2 aromatic rings. The Kier molecular flexibility index (Phi) is 4.21. The second kappa shape index (κ2) is 6.30. The highest BCUT2D eigenvalue weighted by Crippen LogP contribution is 2.28. The van der Waals surface area contributed by atoms with Crippen LogP contribution in [0.3, 0.4) is 0 Å². The van der Waals surface area contributed by atoms with Crippen molar-refractivity contribution in [2.75, 3.05) is 17.7 Å². The molecule has 118 valence electrons. The summed E-state index contributed by atoms with van der Waals surface area (Å²) in [5.74, 6) is 0.322. The maximum atomic E-state index is 12.4. The number of ether oxygens (including phenoxy) is 1. The Hall–Kier alpha value is -2.53. The predicted octanol–water partition coefficient (Wildman–Crippen LogP) is 3.49. The lowest BCUT2D eigenvalue weighted by atomic mass is 10.00. The normalized spacial score (nSPS) is 13.0. The molecule has 1 aliphatic rings. The van der Waals surface area contributed by atoms with Crippen molar-refractivity contribution in [2.45, 2.75) is 12.8 Å². The summed E-state index contributed by atoms with van der Waals surface area (Å²) in [5.41, 5.74) is 2.86. The fraction of sp³-hybridized carbons (Fsp3) is 0.176. The van der Waals surface area contributed by atoms with E-state index in [-0.39, 0.29) is 11.8 Å². The van der Waals surface area contributed by atoms with Gasteiger partial charge < -0.3 is 15.4 Å². The number of anilines is 2. The largest absolute Gasteiger partial charge is 0.495 e. The number of carbonyl (C=O) groups excluding carboxylic acids is 2. The summed E-state index contributed by atoms with van der Waals surface area (Å²) < 4.78 is 5.08. The van der Waals surface area contributed by atoms with Gasteiger partial charge in [-0.05, 0) is 48.4 Å². The molecule has 0 atom stereocenters. The Morgan fingerprint density at radius 1 is 1.22 bits per heavy atom. The van der Waals surface area contributed by atoms with E-state index in [0.29, 0.717) is 34.9 Å². The standard InChI is InChI=1S/C17H15ClN2O3/c1-23-15-6-4-12(9-13(15)18)19-17(22)11-2-5-14-10(8-11)3-7-16(21)20-14/h2,4-6,8-9H,3,7H2,1H3,(H,19,22)(H,20,21). The van der Waals surface area contributed by atoms with Crippen LogP contribution in [-0.4, -0.2) is 18.9 Å². The Labute approximate surface area is 138 Å². The number of nitrogens with one attached hydrogen (secondary N) is 2. The molecular formula is C17H15ClN2O3. The molecule has 0 aromatic heterocycles. The first-order valence-corrected chi connectivity index (χ1v) is 7.52. The van der Waals surface area contributed by atoms with E-state index in [9.17, 15) is 9.59 Å². The van der Waals surface area contributed by atoms with E-state index in [0.717, 1.165) is 11.3 Å². The third-order valence-electron chi connectivity index (χ3n) is 3.67. The molecule has 0 aliphatic carbocycles. The minimum absolute atomic E-state index is 0.00239. The molecule has 0 spiro atoms. The molecule has 5 nitrogen and oxygen atoms in total. The number of hydrogen-bond acceptors (Lipinski definition) is 3. The number of fused-ring (bicyclic) bond motifs is 1. The van der Waals surface area contributed by atoms with Crippen molar-refractivity contribution in [3.63, 3.8) is 0 Å². The van der Waals surface area contributed by atoms with Crippen molar-refractivity contribution in [3.05, 3.63) is 52.5 Å². The average Bonchev–Trinajstić information content (AvgIpc) is 2.54. The minimum Gasteiger partial charge on any atom is -0.495 e. The molecule has 0 saturated heterocycles. The molecule has 0 fully saturated rings. The van der Waals surface area contributed by atoms with Crippen molar-refractivity contribution in [1.29, 1.82) is 0 Å². The topological polar surface area (TPSA) is 67.4 Å². The highest BCUT2D eigenvalue weighted by atomic mass is 35.5. The molecule has 0 bridgehead atoms. The molecule has 1 aliphatic heterocycles. The average molecular weight is 331 g/mol. The van der Waals surface area contributed by atoms with Gasteiger partial charge >= 0.3 is 0 Å². The van der Waals surface area contributed by atoms with E-state index < -0.39 is 0 Å². The summed E-state index contributed by atoms with van der Waals surface area (Å²) in [6, 6.07) is 10.3. The number of halogens is 1. The van der Waals surface area contributed by atoms with Crippen LogP contribution in [0, 0.1) is 0 Å². The van der Waals surface area contributed by atoms with Crippen LogP contribution in [0.4, 0.5) is 11.4 Å². The fourth-order valence-corrected chi connectivity index (χ4v) is 2.73. The summed E-state index contributed by atoms with van der Waals surface area (Å²) in [6.07, 6.45) is 1.07. The van der Waals surface area contributed by atoms with Gasteiger partial charge in [-0.15, -0.1) is 0 Å². The lowest BCUT2D eigenvalue weighted by Gasteiger charge is -2.17. The molecular weight excluding hydrogens is 316 g/mol. The van der Waals surface area contributed by atoms with E-state index in [1.54, 1.807) is 36.4 Å². The van der Waals surface area contributed by atoms with Crippen LogP contribution in [0.5, 0.6) is 5.75 Å². The first-order valence-electron chi connectivity index (χ1n) is 7.14. The summed E-state index contributed by atoms with van der Waals surface area (Å²) >= 11 is 6.05. The first kappa shape index (κ1) is 15.4. The second-order valence-electron chi connectivity index (χ2n) is 5.22. The van der Waals surface area contributed by atoms with E-state index >= 15 is 0 Å². The molecule has 0 unspecified atom stereocenters. The molecule has 0 saturated carbocycles. The lowest BCUT2D eigenvalue weighted by Crippen LogP contribution is -2.20. The van der Waals surface area contributed by atoms with Gasteiger partial charge in [0.1, 0.15) is 5.75 Å². The molecule has 3 rings (SSSR count). The number of aryl methyl sites for hydroxylation is 1. The van der Waals surface area contributed by atoms with Gasteiger partial charge in [0.2, 0.25) is 5.91 Å². The zero-order valence-corrected chi connectivity index (χ0v) is 13.2. The minimum atomic E-state index is -0.231. The monoisotopic (exact) mass is 330 g/mol. The predicted molar refractivity (Wildman–Crippen MR) is 89.3 cm³/mol. The maximum Gasteiger partial charge on any atom is 0.255 e. The number of benzene rings is 2. The molecule has 2 aromatic carbocycles. The Balaban J connectivity index is 1.78. The van der Waals surface area contributed by atoms with Crippen LogP contribution in [0.25, 0.3) is 0 Å². The zero-order chi connectivity index (χ0) is 16.4. The highest BCUT2D eigenvalue weighted by Gasteiger charge is 2.17. The number of methoxy groups -OCH3 is 1. The molecule has 2 N–H and O–H groups in total. The van der Waals surface area contributed by atoms with Gasteiger partial charge in [-0.1, -0.05) is 11.6 Å². The highest BCUT2D eigenvalue weighted by molar-refractivity contribution is 6.32. The van der Waals surface area contributed by atoms with Crippen LogP contribution in [0.2, 0.25) is 5.02 Å². The van der Waals surface area contributed by atoms with Gasteiger partial charge in [0, 0.05) is 23.4 Å². The van der Waals surface area contributed by atoms with Gasteiger partial charge in [-0.3, -0.25) is 9.59 Å². The number of carbonyl (C=O) groups is 2. The second-order valence-corrected chi connectivity index (χ2v) is 5.63. The fourth-order valence-electron chi connectivity index (χ4n) is 2.47. The van der Waals surface area contributed by atoms with Crippen LogP contribution < -0.4 is 15.4 Å². The molecule has 0 radical (unpaired) electrons. The van der Waals surface area contributed by atoms with E-state index in [2.05, 4.69) is 10.6 Å². The summed E-state index contributed by atoms with van der Waals surface area (Å²) in [5, 5.41) is 6.02. The Morgan fingerprint density at radius 2 is 2.04 bits per heavy atom. The molecule has 2 amide bonds. The van der Waals surface area contributed by atoms with Crippen LogP contribution >= 0.6 is 11.6 Å². The Morgan fingerprint density at radius 3 is 2.78 bits per heavy atom. The first-order chi connectivity index (χ1) is 11.1. The van der Waals surface area contributed by atoms with Gasteiger partial charge in [0.25, 0.3) is 5.91 Å². The van der Waals surface area contributed by atoms with Crippen molar-refractivity contribution in [3.8, 4) is 5.75 Å². The molecule has 23 heavy (non-hydrogen) atoms.